The monoisotopic (exact) mass is 304 g/mol. The number of benzene rings is 2. The first-order chi connectivity index (χ1) is 8.66. The van der Waals surface area contributed by atoms with Crippen molar-refractivity contribution in [2.75, 3.05) is 17.6 Å². The Balaban J connectivity index is 1.99. The van der Waals surface area contributed by atoms with Crippen LogP contribution in [-0.4, -0.2) is 6.54 Å². The van der Waals surface area contributed by atoms with Crippen LogP contribution >= 0.6 is 15.9 Å². The summed E-state index contributed by atoms with van der Waals surface area (Å²) in [5.74, 6) is 0.453. The Hall–Kier alpha value is -1.48. The van der Waals surface area contributed by atoms with Crippen LogP contribution in [0.2, 0.25) is 0 Å². The van der Waals surface area contributed by atoms with Crippen LogP contribution in [0.4, 0.5) is 11.4 Å². The van der Waals surface area contributed by atoms with E-state index in [4.69, 9.17) is 5.73 Å². The molecule has 0 aliphatic heterocycles. The summed E-state index contributed by atoms with van der Waals surface area (Å²) in [4.78, 5) is 0. The molecule has 2 aromatic rings. The van der Waals surface area contributed by atoms with Crippen molar-refractivity contribution in [2.24, 2.45) is 0 Å². The quantitative estimate of drug-likeness (QED) is 0.829. The summed E-state index contributed by atoms with van der Waals surface area (Å²) in [5.41, 5.74) is 9.04. The lowest BCUT2D eigenvalue weighted by atomic mass is 10.0. The lowest BCUT2D eigenvalue weighted by Gasteiger charge is -2.15. The van der Waals surface area contributed by atoms with E-state index in [2.05, 4.69) is 52.4 Å². The van der Waals surface area contributed by atoms with E-state index in [0.717, 1.165) is 22.4 Å². The minimum absolute atomic E-state index is 0.453. The molecule has 0 bridgehead atoms. The lowest BCUT2D eigenvalue weighted by molar-refractivity contribution is 0.805. The summed E-state index contributed by atoms with van der Waals surface area (Å²) in [6.07, 6.45) is 0. The zero-order valence-corrected chi connectivity index (χ0v) is 11.9. The van der Waals surface area contributed by atoms with E-state index in [-0.39, 0.29) is 0 Å². The Labute approximate surface area is 116 Å². The standard InChI is InChI=1S/C15H17BrN2/c1-11(12-5-3-2-4-6-12)10-18-15-8-7-13(16)9-14(15)17/h2-9,11,18H,10,17H2,1H3. The molecule has 94 valence electrons. The third-order valence-electron chi connectivity index (χ3n) is 2.98. The molecule has 2 aromatic carbocycles. The average molecular weight is 305 g/mol. The molecule has 0 radical (unpaired) electrons. The molecule has 3 N–H and O–H groups in total. The normalized spacial score (nSPS) is 12.1. The van der Waals surface area contributed by atoms with Gasteiger partial charge in [0.2, 0.25) is 0 Å². The average Bonchev–Trinajstić information content (AvgIpc) is 2.38. The molecule has 1 unspecified atom stereocenters. The maximum absolute atomic E-state index is 5.95. The summed E-state index contributed by atoms with van der Waals surface area (Å²) in [6.45, 7) is 3.08. The van der Waals surface area contributed by atoms with Crippen molar-refractivity contribution in [1.82, 2.24) is 0 Å². The zero-order chi connectivity index (χ0) is 13.0. The van der Waals surface area contributed by atoms with Crippen molar-refractivity contribution in [2.45, 2.75) is 12.8 Å². The van der Waals surface area contributed by atoms with E-state index < -0.39 is 0 Å². The van der Waals surface area contributed by atoms with Crippen LogP contribution in [0.5, 0.6) is 0 Å². The van der Waals surface area contributed by atoms with Gasteiger partial charge in [-0.3, -0.25) is 0 Å². The fourth-order valence-corrected chi connectivity index (χ4v) is 2.24. The van der Waals surface area contributed by atoms with Crippen molar-refractivity contribution in [3.63, 3.8) is 0 Å². The van der Waals surface area contributed by atoms with Crippen LogP contribution in [0.3, 0.4) is 0 Å². The van der Waals surface area contributed by atoms with Crippen LogP contribution in [0.15, 0.2) is 53.0 Å². The number of hydrogen-bond donors (Lipinski definition) is 2. The molecule has 18 heavy (non-hydrogen) atoms. The number of hydrogen-bond acceptors (Lipinski definition) is 2. The van der Waals surface area contributed by atoms with Gasteiger partial charge in [-0.2, -0.15) is 0 Å². The molecule has 0 heterocycles. The molecule has 0 amide bonds. The molecular formula is C15H17BrN2. The minimum atomic E-state index is 0.453. The van der Waals surface area contributed by atoms with E-state index in [9.17, 15) is 0 Å². The molecule has 0 aliphatic carbocycles. The second-order valence-corrected chi connectivity index (χ2v) is 5.34. The van der Waals surface area contributed by atoms with Crippen LogP contribution in [0, 0.1) is 0 Å². The summed E-state index contributed by atoms with van der Waals surface area (Å²) in [6, 6.07) is 16.4. The molecule has 0 fully saturated rings. The summed E-state index contributed by atoms with van der Waals surface area (Å²) < 4.78 is 1.00. The van der Waals surface area contributed by atoms with Crippen LogP contribution in [0.1, 0.15) is 18.4 Å². The van der Waals surface area contributed by atoms with Crippen LogP contribution < -0.4 is 11.1 Å². The lowest BCUT2D eigenvalue weighted by Crippen LogP contribution is -2.10. The van der Waals surface area contributed by atoms with Gasteiger partial charge in [-0.15, -0.1) is 0 Å². The summed E-state index contributed by atoms with van der Waals surface area (Å²) >= 11 is 3.41. The van der Waals surface area contributed by atoms with Gasteiger partial charge in [0.1, 0.15) is 0 Å². The topological polar surface area (TPSA) is 38.0 Å². The molecule has 2 rings (SSSR count). The van der Waals surface area contributed by atoms with Gasteiger partial charge in [-0.05, 0) is 29.7 Å². The largest absolute Gasteiger partial charge is 0.397 e. The Morgan fingerprint density at radius 3 is 2.56 bits per heavy atom. The maximum atomic E-state index is 5.95. The second kappa shape index (κ2) is 5.91. The molecule has 0 aromatic heterocycles. The molecule has 2 nitrogen and oxygen atoms in total. The van der Waals surface area contributed by atoms with Crippen molar-refractivity contribution in [1.29, 1.82) is 0 Å². The number of nitrogen functional groups attached to an aromatic ring is 1. The third-order valence-corrected chi connectivity index (χ3v) is 3.47. The number of rotatable bonds is 4. The van der Waals surface area contributed by atoms with Gasteiger partial charge in [0.15, 0.2) is 0 Å². The molecule has 0 saturated heterocycles. The van der Waals surface area contributed by atoms with Crippen molar-refractivity contribution in [3.8, 4) is 0 Å². The van der Waals surface area contributed by atoms with Gasteiger partial charge in [0, 0.05) is 11.0 Å². The van der Waals surface area contributed by atoms with Gasteiger partial charge in [0.05, 0.1) is 11.4 Å². The summed E-state index contributed by atoms with van der Waals surface area (Å²) in [7, 11) is 0. The highest BCUT2D eigenvalue weighted by Gasteiger charge is 2.05. The van der Waals surface area contributed by atoms with Gasteiger partial charge in [0.25, 0.3) is 0 Å². The first-order valence-electron chi connectivity index (χ1n) is 6.00. The molecule has 0 aliphatic rings. The fourth-order valence-electron chi connectivity index (χ4n) is 1.86. The van der Waals surface area contributed by atoms with Gasteiger partial charge < -0.3 is 11.1 Å². The Bertz CT molecular complexity index is 511. The first-order valence-corrected chi connectivity index (χ1v) is 6.80. The number of nitrogens with one attached hydrogen (secondary N) is 1. The number of anilines is 2. The molecule has 0 spiro atoms. The predicted octanol–water partition coefficient (Wildman–Crippen LogP) is 4.25. The predicted molar refractivity (Wildman–Crippen MR) is 81.9 cm³/mol. The SMILES string of the molecule is CC(CNc1ccc(Br)cc1N)c1ccccc1. The Kier molecular flexibility index (Phi) is 4.26. The summed E-state index contributed by atoms with van der Waals surface area (Å²) in [5, 5.41) is 3.39. The Morgan fingerprint density at radius 1 is 1.17 bits per heavy atom. The van der Waals surface area contributed by atoms with E-state index in [1.165, 1.54) is 5.56 Å². The minimum Gasteiger partial charge on any atom is -0.397 e. The molecule has 1 atom stereocenters. The van der Waals surface area contributed by atoms with E-state index in [1.807, 2.05) is 24.3 Å². The van der Waals surface area contributed by atoms with Gasteiger partial charge >= 0.3 is 0 Å². The van der Waals surface area contributed by atoms with E-state index >= 15 is 0 Å². The van der Waals surface area contributed by atoms with Crippen LogP contribution in [0.25, 0.3) is 0 Å². The first kappa shape index (κ1) is 13.0. The highest BCUT2D eigenvalue weighted by molar-refractivity contribution is 9.10. The van der Waals surface area contributed by atoms with Crippen molar-refractivity contribution < 1.29 is 0 Å². The molecular weight excluding hydrogens is 288 g/mol. The smallest absolute Gasteiger partial charge is 0.0574 e. The molecule has 3 heteroatoms. The van der Waals surface area contributed by atoms with Gasteiger partial charge in [-0.25, -0.2) is 0 Å². The molecule has 0 saturated carbocycles. The van der Waals surface area contributed by atoms with Crippen molar-refractivity contribution >= 4 is 27.3 Å². The van der Waals surface area contributed by atoms with Crippen molar-refractivity contribution in [3.05, 3.63) is 58.6 Å². The third kappa shape index (κ3) is 3.26. The fraction of sp³-hybridized carbons (Fsp3) is 0.200. The maximum Gasteiger partial charge on any atom is 0.0574 e. The highest BCUT2D eigenvalue weighted by atomic mass is 79.9. The Morgan fingerprint density at radius 2 is 1.89 bits per heavy atom. The van der Waals surface area contributed by atoms with Gasteiger partial charge in [-0.1, -0.05) is 53.2 Å². The number of nitrogens with two attached hydrogens (primary N) is 1. The highest BCUT2D eigenvalue weighted by Crippen LogP contribution is 2.24. The second-order valence-electron chi connectivity index (χ2n) is 4.42. The van der Waals surface area contributed by atoms with E-state index in [1.54, 1.807) is 0 Å². The van der Waals surface area contributed by atoms with Crippen LogP contribution in [-0.2, 0) is 0 Å². The van der Waals surface area contributed by atoms with E-state index in [0.29, 0.717) is 5.92 Å². The zero-order valence-electron chi connectivity index (χ0n) is 10.4. The number of halogens is 1.